The Balaban J connectivity index is 0.00000243. The van der Waals surface area contributed by atoms with Crippen molar-refractivity contribution in [2.24, 2.45) is 5.92 Å². The Morgan fingerprint density at radius 2 is 2.00 bits per heavy atom. The van der Waals surface area contributed by atoms with Crippen LogP contribution >= 0.6 is 12.4 Å². The van der Waals surface area contributed by atoms with Gasteiger partial charge in [-0.05, 0) is 75.1 Å². The Morgan fingerprint density at radius 1 is 1.19 bits per heavy atom. The summed E-state index contributed by atoms with van der Waals surface area (Å²) in [5.74, 6) is 0.920. The molecular weight excluding hydrogens is 348 g/mol. The van der Waals surface area contributed by atoms with Crippen LogP contribution < -0.4 is 10.6 Å². The fourth-order valence-corrected chi connectivity index (χ4v) is 4.00. The van der Waals surface area contributed by atoms with Gasteiger partial charge in [0.1, 0.15) is 0 Å². The molecule has 0 saturated carbocycles. The molecule has 2 aliphatic rings. The van der Waals surface area contributed by atoms with Gasteiger partial charge in [0.25, 0.3) is 0 Å². The third kappa shape index (κ3) is 6.57. The molecule has 2 N–H and O–H groups in total. The molecule has 1 aliphatic carbocycles. The highest BCUT2D eigenvalue weighted by Crippen LogP contribution is 2.32. The molecule has 0 radical (unpaired) electrons. The molecule has 1 saturated heterocycles. The van der Waals surface area contributed by atoms with Gasteiger partial charge in [-0.15, -0.1) is 12.4 Å². The molecule has 0 aromatic heterocycles. The third-order valence-electron chi connectivity index (χ3n) is 5.52. The number of fused-ring (bicyclic) bond motifs is 1. The van der Waals surface area contributed by atoms with E-state index < -0.39 is 0 Å². The van der Waals surface area contributed by atoms with E-state index in [-0.39, 0.29) is 24.4 Å². The van der Waals surface area contributed by atoms with Crippen molar-refractivity contribution in [3.8, 4) is 0 Å². The summed E-state index contributed by atoms with van der Waals surface area (Å²) >= 11 is 0. The zero-order valence-corrected chi connectivity index (χ0v) is 16.5. The van der Waals surface area contributed by atoms with Gasteiger partial charge in [-0.1, -0.05) is 24.3 Å². The van der Waals surface area contributed by atoms with Crippen LogP contribution in [-0.4, -0.2) is 32.1 Å². The van der Waals surface area contributed by atoms with E-state index >= 15 is 0 Å². The zero-order valence-electron chi connectivity index (χ0n) is 15.7. The number of carbonyl (C=O) groups is 1. The van der Waals surface area contributed by atoms with Crippen molar-refractivity contribution in [1.82, 2.24) is 10.6 Å². The minimum atomic E-state index is 0. The number of carbonyl (C=O) groups excluding carboxylic acids is 1. The molecule has 1 unspecified atom stereocenters. The predicted molar refractivity (Wildman–Crippen MR) is 108 cm³/mol. The van der Waals surface area contributed by atoms with Gasteiger partial charge in [-0.2, -0.15) is 0 Å². The second-order valence-corrected chi connectivity index (χ2v) is 7.39. The van der Waals surface area contributed by atoms with Crippen LogP contribution in [0.2, 0.25) is 0 Å². The Labute approximate surface area is 163 Å². The lowest BCUT2D eigenvalue weighted by atomic mass is 9.89. The number of halogens is 1. The molecule has 5 heteroatoms. The summed E-state index contributed by atoms with van der Waals surface area (Å²) < 4.78 is 6.09. The minimum Gasteiger partial charge on any atom is -0.373 e. The van der Waals surface area contributed by atoms with Gasteiger partial charge in [-0.3, -0.25) is 4.79 Å². The average molecular weight is 381 g/mol. The molecule has 1 aromatic carbocycles. The van der Waals surface area contributed by atoms with Crippen LogP contribution in [0.5, 0.6) is 0 Å². The predicted octanol–water partition coefficient (Wildman–Crippen LogP) is 3.79. The molecule has 1 aromatic rings. The van der Waals surface area contributed by atoms with Gasteiger partial charge in [-0.25, -0.2) is 0 Å². The Bertz CT molecular complexity index is 547. The van der Waals surface area contributed by atoms with Crippen molar-refractivity contribution in [2.45, 2.75) is 57.5 Å². The summed E-state index contributed by atoms with van der Waals surface area (Å²) in [6.07, 6.45) is 8.73. The number of benzene rings is 1. The lowest BCUT2D eigenvalue weighted by Gasteiger charge is -2.25. The molecular formula is C21H33ClN2O2. The van der Waals surface area contributed by atoms with E-state index in [4.69, 9.17) is 4.74 Å². The second-order valence-electron chi connectivity index (χ2n) is 7.39. The fraction of sp³-hybridized carbons (Fsp3) is 0.667. The number of rotatable bonds is 8. The molecule has 1 amide bonds. The Kier molecular flexibility index (Phi) is 9.44. The van der Waals surface area contributed by atoms with Crippen LogP contribution in [0.4, 0.5) is 0 Å². The normalized spacial score (nSPS) is 20.1. The maximum atomic E-state index is 11.9. The lowest BCUT2D eigenvalue weighted by Crippen LogP contribution is -2.30. The summed E-state index contributed by atoms with van der Waals surface area (Å²) in [5.41, 5.74) is 2.80. The summed E-state index contributed by atoms with van der Waals surface area (Å²) in [4.78, 5) is 11.9. The molecule has 3 rings (SSSR count). The quantitative estimate of drug-likeness (QED) is 0.674. The molecule has 1 atom stereocenters. The smallest absolute Gasteiger partial charge is 0.220 e. The minimum absolute atomic E-state index is 0. The SMILES string of the molecule is Cl.O=C(CCC1CCNCC1)NCCCOC1CCCc2ccccc21. The van der Waals surface area contributed by atoms with Crippen LogP contribution in [-0.2, 0) is 16.0 Å². The highest BCUT2D eigenvalue weighted by atomic mass is 35.5. The van der Waals surface area contributed by atoms with E-state index in [0.717, 1.165) is 44.8 Å². The number of aryl methyl sites for hydroxylation is 1. The van der Waals surface area contributed by atoms with Gasteiger partial charge < -0.3 is 15.4 Å². The molecule has 4 nitrogen and oxygen atoms in total. The van der Waals surface area contributed by atoms with Gasteiger partial charge in [0.2, 0.25) is 5.91 Å². The van der Waals surface area contributed by atoms with Crippen LogP contribution in [0.3, 0.4) is 0 Å². The number of hydrogen-bond acceptors (Lipinski definition) is 3. The van der Waals surface area contributed by atoms with E-state index in [0.29, 0.717) is 13.0 Å². The number of nitrogens with one attached hydrogen (secondary N) is 2. The van der Waals surface area contributed by atoms with Gasteiger partial charge in [0, 0.05) is 19.6 Å². The maximum absolute atomic E-state index is 11.9. The first-order chi connectivity index (χ1) is 12.3. The van der Waals surface area contributed by atoms with Gasteiger partial charge >= 0.3 is 0 Å². The number of hydrogen-bond donors (Lipinski definition) is 2. The highest BCUT2D eigenvalue weighted by Gasteiger charge is 2.20. The summed E-state index contributed by atoms with van der Waals surface area (Å²) in [6.45, 7) is 3.65. The molecule has 1 heterocycles. The Hall–Kier alpha value is -1.10. The monoisotopic (exact) mass is 380 g/mol. The molecule has 146 valence electrons. The van der Waals surface area contributed by atoms with Crippen molar-refractivity contribution in [3.05, 3.63) is 35.4 Å². The first-order valence-electron chi connectivity index (χ1n) is 10.00. The van der Waals surface area contributed by atoms with E-state index in [1.54, 1.807) is 0 Å². The largest absolute Gasteiger partial charge is 0.373 e. The van der Waals surface area contributed by atoms with Crippen LogP contribution in [0.25, 0.3) is 0 Å². The Morgan fingerprint density at radius 3 is 2.85 bits per heavy atom. The number of piperidine rings is 1. The zero-order chi connectivity index (χ0) is 17.3. The van der Waals surface area contributed by atoms with E-state index in [2.05, 4.69) is 34.9 Å². The highest BCUT2D eigenvalue weighted by molar-refractivity contribution is 5.85. The van der Waals surface area contributed by atoms with Gasteiger partial charge in [0.05, 0.1) is 6.10 Å². The lowest BCUT2D eigenvalue weighted by molar-refractivity contribution is -0.121. The third-order valence-corrected chi connectivity index (χ3v) is 5.52. The van der Waals surface area contributed by atoms with Crippen molar-refractivity contribution in [3.63, 3.8) is 0 Å². The maximum Gasteiger partial charge on any atom is 0.220 e. The van der Waals surface area contributed by atoms with Gasteiger partial charge in [0.15, 0.2) is 0 Å². The first kappa shape index (κ1) is 21.2. The van der Waals surface area contributed by atoms with E-state index in [1.807, 2.05) is 0 Å². The van der Waals surface area contributed by atoms with Crippen molar-refractivity contribution < 1.29 is 9.53 Å². The fourth-order valence-electron chi connectivity index (χ4n) is 4.00. The molecule has 1 aliphatic heterocycles. The number of amides is 1. The molecule has 0 spiro atoms. The van der Waals surface area contributed by atoms with E-state index in [9.17, 15) is 4.79 Å². The molecule has 0 bridgehead atoms. The van der Waals surface area contributed by atoms with Crippen molar-refractivity contribution in [1.29, 1.82) is 0 Å². The summed E-state index contributed by atoms with van der Waals surface area (Å²) in [5, 5.41) is 6.41. The average Bonchev–Trinajstić information content (AvgIpc) is 2.67. The van der Waals surface area contributed by atoms with Crippen molar-refractivity contribution in [2.75, 3.05) is 26.2 Å². The van der Waals surface area contributed by atoms with E-state index in [1.165, 1.54) is 36.8 Å². The van der Waals surface area contributed by atoms with Crippen LogP contribution in [0, 0.1) is 5.92 Å². The molecule has 1 fully saturated rings. The molecule has 26 heavy (non-hydrogen) atoms. The first-order valence-corrected chi connectivity index (χ1v) is 10.00. The van der Waals surface area contributed by atoms with Crippen molar-refractivity contribution >= 4 is 18.3 Å². The standard InChI is InChI=1S/C21H32N2O2.ClH/c24-21(10-9-17-11-14-22-15-12-17)23-13-4-16-25-20-8-3-6-18-5-1-2-7-19(18)20;/h1-2,5,7,17,20,22H,3-4,6,8-16H2,(H,23,24);1H. The summed E-state index contributed by atoms with van der Waals surface area (Å²) in [6, 6.07) is 8.62. The summed E-state index contributed by atoms with van der Waals surface area (Å²) in [7, 11) is 0. The van der Waals surface area contributed by atoms with Crippen LogP contribution in [0.15, 0.2) is 24.3 Å². The van der Waals surface area contributed by atoms with Crippen LogP contribution in [0.1, 0.15) is 62.2 Å². The number of ether oxygens (including phenoxy) is 1. The topological polar surface area (TPSA) is 50.4 Å². The second kappa shape index (κ2) is 11.6.